The fourth-order valence-corrected chi connectivity index (χ4v) is 2.15. The van der Waals surface area contributed by atoms with Crippen molar-refractivity contribution in [1.29, 1.82) is 0 Å². The second kappa shape index (κ2) is 5.44. The summed E-state index contributed by atoms with van der Waals surface area (Å²) in [5, 5.41) is 4.02. The Morgan fingerprint density at radius 3 is 2.43 bits per heavy atom. The van der Waals surface area contributed by atoms with Crippen molar-refractivity contribution in [3.05, 3.63) is 71.7 Å². The first-order valence-corrected chi connectivity index (χ1v) is 6.36. The maximum atomic E-state index is 13.2. The van der Waals surface area contributed by atoms with Crippen molar-refractivity contribution in [2.24, 2.45) is 0 Å². The number of aromatic nitrogens is 1. The van der Waals surface area contributed by atoms with Crippen LogP contribution in [0.3, 0.4) is 0 Å². The number of hydrogen-bond acceptors (Lipinski definition) is 2. The number of rotatable bonds is 3. The van der Waals surface area contributed by atoms with Gasteiger partial charge in [0.2, 0.25) is 0 Å². The molecule has 1 N–H and O–H groups in total. The summed E-state index contributed by atoms with van der Waals surface area (Å²) in [7, 11) is 0. The van der Waals surface area contributed by atoms with E-state index in [1.165, 1.54) is 0 Å². The van der Waals surface area contributed by atoms with Crippen LogP contribution in [0, 0.1) is 17.5 Å². The van der Waals surface area contributed by atoms with Gasteiger partial charge in [0.25, 0.3) is 0 Å². The molecule has 0 aliphatic rings. The first-order valence-electron chi connectivity index (χ1n) is 6.36. The molecule has 3 aromatic rings. The number of para-hydroxylation sites is 1. The zero-order valence-electron chi connectivity index (χ0n) is 10.9. The molecular weight excluding hydrogens is 277 g/mol. The summed E-state index contributed by atoms with van der Waals surface area (Å²) in [5.74, 6) is -3.84. The highest BCUT2D eigenvalue weighted by atomic mass is 19.2. The highest BCUT2D eigenvalue weighted by Crippen LogP contribution is 2.22. The van der Waals surface area contributed by atoms with E-state index in [1.807, 2.05) is 30.3 Å². The summed E-state index contributed by atoms with van der Waals surface area (Å²) >= 11 is 0. The molecule has 0 amide bonds. The predicted octanol–water partition coefficient (Wildman–Crippen LogP) is 4.26. The summed E-state index contributed by atoms with van der Waals surface area (Å²) in [4.78, 5) is 4.27. The molecule has 0 spiro atoms. The number of anilines is 1. The highest BCUT2D eigenvalue weighted by molar-refractivity contribution is 5.90. The average Bonchev–Trinajstić information content (AvgIpc) is 2.50. The summed E-state index contributed by atoms with van der Waals surface area (Å²) in [6.45, 7) is 0.170. The number of pyridine rings is 1. The standard InChI is InChI=1S/C16H11F3N2/c17-12-7-10(8-13(18)15(12)19)9-21-14-5-1-3-11-4-2-6-20-16(11)14/h1-8,21H,9H2. The van der Waals surface area contributed by atoms with Crippen LogP contribution in [0.2, 0.25) is 0 Å². The number of nitrogens with zero attached hydrogens (tertiary/aromatic N) is 1. The third-order valence-electron chi connectivity index (χ3n) is 3.16. The van der Waals surface area contributed by atoms with E-state index in [0.717, 1.165) is 28.7 Å². The largest absolute Gasteiger partial charge is 0.379 e. The van der Waals surface area contributed by atoms with Gasteiger partial charge >= 0.3 is 0 Å². The molecule has 5 heteroatoms. The molecular formula is C16H11F3N2. The van der Waals surface area contributed by atoms with Crippen molar-refractivity contribution < 1.29 is 13.2 Å². The molecule has 0 aliphatic heterocycles. The Labute approximate surface area is 119 Å². The third-order valence-corrected chi connectivity index (χ3v) is 3.16. The number of hydrogen-bond donors (Lipinski definition) is 1. The van der Waals surface area contributed by atoms with Crippen LogP contribution in [0.4, 0.5) is 18.9 Å². The highest BCUT2D eigenvalue weighted by Gasteiger charge is 2.10. The molecule has 21 heavy (non-hydrogen) atoms. The van der Waals surface area contributed by atoms with E-state index in [2.05, 4.69) is 10.3 Å². The lowest BCUT2D eigenvalue weighted by atomic mass is 10.1. The van der Waals surface area contributed by atoms with Gasteiger partial charge in [-0.3, -0.25) is 4.98 Å². The molecule has 0 unspecified atom stereocenters. The van der Waals surface area contributed by atoms with Gasteiger partial charge in [-0.1, -0.05) is 18.2 Å². The van der Waals surface area contributed by atoms with E-state index >= 15 is 0 Å². The van der Waals surface area contributed by atoms with E-state index in [9.17, 15) is 13.2 Å². The van der Waals surface area contributed by atoms with Crippen LogP contribution in [0.1, 0.15) is 5.56 Å². The van der Waals surface area contributed by atoms with Gasteiger partial charge in [0.15, 0.2) is 17.5 Å². The average molecular weight is 288 g/mol. The van der Waals surface area contributed by atoms with Gasteiger partial charge in [-0.15, -0.1) is 0 Å². The molecule has 3 rings (SSSR count). The zero-order chi connectivity index (χ0) is 14.8. The predicted molar refractivity (Wildman–Crippen MR) is 75.4 cm³/mol. The van der Waals surface area contributed by atoms with Gasteiger partial charge in [-0.2, -0.15) is 0 Å². The molecule has 1 aromatic heterocycles. The summed E-state index contributed by atoms with van der Waals surface area (Å²) in [5.41, 5.74) is 1.83. The van der Waals surface area contributed by atoms with Crippen LogP contribution in [0.25, 0.3) is 10.9 Å². The number of benzene rings is 2. The van der Waals surface area contributed by atoms with Crippen LogP contribution in [-0.2, 0) is 6.54 Å². The lowest BCUT2D eigenvalue weighted by Gasteiger charge is -2.09. The smallest absolute Gasteiger partial charge is 0.194 e. The summed E-state index contributed by atoms with van der Waals surface area (Å²) in [6, 6.07) is 11.3. The second-order valence-electron chi connectivity index (χ2n) is 4.61. The molecule has 0 radical (unpaired) electrons. The lowest BCUT2D eigenvalue weighted by Crippen LogP contribution is -2.03. The van der Waals surface area contributed by atoms with Crippen molar-refractivity contribution in [3.8, 4) is 0 Å². The fourth-order valence-electron chi connectivity index (χ4n) is 2.15. The van der Waals surface area contributed by atoms with Crippen molar-refractivity contribution in [2.75, 3.05) is 5.32 Å². The Morgan fingerprint density at radius 2 is 1.67 bits per heavy atom. The van der Waals surface area contributed by atoms with Crippen molar-refractivity contribution in [1.82, 2.24) is 4.98 Å². The first kappa shape index (κ1) is 13.4. The fraction of sp³-hybridized carbons (Fsp3) is 0.0625. The molecule has 2 aromatic carbocycles. The van der Waals surface area contributed by atoms with Crippen LogP contribution in [0.15, 0.2) is 48.7 Å². The van der Waals surface area contributed by atoms with Gasteiger partial charge in [0.05, 0.1) is 11.2 Å². The first-order chi connectivity index (χ1) is 10.1. The zero-order valence-corrected chi connectivity index (χ0v) is 10.9. The van der Waals surface area contributed by atoms with Crippen LogP contribution >= 0.6 is 0 Å². The van der Waals surface area contributed by atoms with Crippen molar-refractivity contribution >= 4 is 16.6 Å². The van der Waals surface area contributed by atoms with Crippen LogP contribution in [-0.4, -0.2) is 4.98 Å². The number of nitrogens with one attached hydrogen (secondary N) is 1. The maximum absolute atomic E-state index is 13.2. The lowest BCUT2D eigenvalue weighted by molar-refractivity contribution is 0.445. The Balaban J connectivity index is 1.87. The third kappa shape index (κ3) is 2.67. The van der Waals surface area contributed by atoms with Crippen LogP contribution < -0.4 is 5.32 Å². The molecule has 2 nitrogen and oxygen atoms in total. The second-order valence-corrected chi connectivity index (χ2v) is 4.61. The molecule has 0 saturated heterocycles. The normalized spacial score (nSPS) is 10.8. The van der Waals surface area contributed by atoms with E-state index in [-0.39, 0.29) is 6.54 Å². The minimum atomic E-state index is -1.45. The van der Waals surface area contributed by atoms with Gasteiger partial charge < -0.3 is 5.32 Å². The Morgan fingerprint density at radius 1 is 0.952 bits per heavy atom. The van der Waals surface area contributed by atoms with E-state index in [1.54, 1.807) is 6.20 Å². The topological polar surface area (TPSA) is 24.9 Å². The van der Waals surface area contributed by atoms with Gasteiger partial charge in [0, 0.05) is 18.1 Å². The van der Waals surface area contributed by atoms with Gasteiger partial charge in [0.1, 0.15) is 0 Å². The Kier molecular flexibility index (Phi) is 3.48. The number of fused-ring (bicyclic) bond motifs is 1. The molecule has 0 fully saturated rings. The number of halogens is 3. The van der Waals surface area contributed by atoms with Crippen molar-refractivity contribution in [2.45, 2.75) is 6.54 Å². The minimum Gasteiger partial charge on any atom is -0.379 e. The molecule has 0 atom stereocenters. The van der Waals surface area contributed by atoms with E-state index in [4.69, 9.17) is 0 Å². The quantitative estimate of drug-likeness (QED) is 0.728. The molecule has 0 saturated carbocycles. The summed E-state index contributed by atoms with van der Waals surface area (Å²) in [6.07, 6.45) is 1.67. The summed E-state index contributed by atoms with van der Waals surface area (Å²) < 4.78 is 39.2. The maximum Gasteiger partial charge on any atom is 0.194 e. The van der Waals surface area contributed by atoms with E-state index < -0.39 is 17.5 Å². The monoisotopic (exact) mass is 288 g/mol. The van der Waals surface area contributed by atoms with E-state index in [0.29, 0.717) is 5.56 Å². The SMILES string of the molecule is Fc1cc(CNc2cccc3cccnc23)cc(F)c1F. The van der Waals surface area contributed by atoms with Gasteiger partial charge in [-0.25, -0.2) is 13.2 Å². The molecule has 0 aliphatic carbocycles. The minimum absolute atomic E-state index is 0.170. The Hall–Kier alpha value is -2.56. The van der Waals surface area contributed by atoms with Crippen molar-refractivity contribution in [3.63, 3.8) is 0 Å². The molecule has 106 valence electrons. The Bertz CT molecular complexity index is 774. The molecule has 1 heterocycles. The van der Waals surface area contributed by atoms with Crippen LogP contribution in [0.5, 0.6) is 0 Å². The van der Waals surface area contributed by atoms with Gasteiger partial charge in [-0.05, 0) is 29.8 Å². The molecule has 0 bridgehead atoms.